The molecule has 2 fully saturated rings. The minimum atomic E-state index is -0.104. The molecule has 2 amide bonds. The van der Waals surface area contributed by atoms with Gasteiger partial charge in [0.2, 0.25) is 0 Å². The molecule has 1 N–H and O–H groups in total. The number of aryl methyl sites for hydroxylation is 1. The monoisotopic (exact) mass is 447 g/mol. The summed E-state index contributed by atoms with van der Waals surface area (Å²) >= 11 is 0. The van der Waals surface area contributed by atoms with Crippen molar-refractivity contribution in [2.24, 2.45) is 0 Å². The molecule has 2 saturated heterocycles. The number of amides is 2. The van der Waals surface area contributed by atoms with Gasteiger partial charge in [-0.3, -0.25) is 0 Å². The van der Waals surface area contributed by atoms with Gasteiger partial charge in [0, 0.05) is 24.7 Å². The largest absolute Gasteiger partial charge is 0.338 e. The number of hydrogen-bond donors (Lipinski definition) is 1. The van der Waals surface area contributed by atoms with Crippen LogP contribution in [0.1, 0.15) is 69.4 Å². The molecule has 0 aliphatic carbocycles. The first kappa shape index (κ1) is 23.8. The number of benzene rings is 2. The smallest absolute Gasteiger partial charge is 0.317 e. The van der Waals surface area contributed by atoms with Crippen molar-refractivity contribution in [1.29, 1.82) is 0 Å². The molecule has 2 aromatic rings. The quantitative estimate of drug-likeness (QED) is 0.541. The van der Waals surface area contributed by atoms with Gasteiger partial charge in [0.05, 0.1) is 0 Å². The molecule has 178 valence electrons. The van der Waals surface area contributed by atoms with Gasteiger partial charge < -0.3 is 15.1 Å². The molecule has 2 aliphatic rings. The number of rotatable bonds is 7. The summed E-state index contributed by atoms with van der Waals surface area (Å²) in [5, 5.41) is 3.19. The van der Waals surface area contributed by atoms with E-state index in [4.69, 9.17) is 0 Å². The third-order valence-electron chi connectivity index (χ3n) is 7.73. The Morgan fingerprint density at radius 2 is 1.58 bits per heavy atom. The molecular formula is C29H41N3O. The van der Waals surface area contributed by atoms with Crippen molar-refractivity contribution >= 4 is 6.03 Å². The Hall–Kier alpha value is -2.33. The maximum Gasteiger partial charge on any atom is 0.317 e. The molecule has 4 nitrogen and oxygen atoms in total. The third-order valence-corrected chi connectivity index (χ3v) is 7.73. The molecule has 1 unspecified atom stereocenters. The maximum atomic E-state index is 12.9. The van der Waals surface area contributed by atoms with E-state index in [1.807, 2.05) is 0 Å². The Bertz CT molecular complexity index is 859. The average Bonchev–Trinajstić information content (AvgIpc) is 2.84. The van der Waals surface area contributed by atoms with E-state index in [1.165, 1.54) is 37.1 Å². The minimum Gasteiger partial charge on any atom is -0.338 e. The zero-order valence-electron chi connectivity index (χ0n) is 20.5. The summed E-state index contributed by atoms with van der Waals surface area (Å²) in [4.78, 5) is 17.7. The van der Waals surface area contributed by atoms with Gasteiger partial charge >= 0.3 is 6.03 Å². The van der Waals surface area contributed by atoms with E-state index >= 15 is 0 Å². The van der Waals surface area contributed by atoms with Gasteiger partial charge in [-0.2, -0.15) is 0 Å². The van der Waals surface area contributed by atoms with Crippen LogP contribution in [0.3, 0.4) is 0 Å². The Balaban J connectivity index is 1.19. The molecule has 33 heavy (non-hydrogen) atoms. The van der Waals surface area contributed by atoms with Crippen LogP contribution in [0.15, 0.2) is 60.7 Å². The van der Waals surface area contributed by atoms with E-state index in [0.717, 1.165) is 45.2 Å². The molecule has 4 heteroatoms. The molecular weight excluding hydrogens is 406 g/mol. The van der Waals surface area contributed by atoms with Crippen molar-refractivity contribution in [3.63, 3.8) is 0 Å². The second kappa shape index (κ2) is 11.2. The van der Waals surface area contributed by atoms with Gasteiger partial charge in [0.25, 0.3) is 0 Å². The zero-order chi connectivity index (χ0) is 23.1. The molecule has 0 spiro atoms. The second-order valence-electron chi connectivity index (χ2n) is 10.5. The van der Waals surface area contributed by atoms with Crippen molar-refractivity contribution in [2.45, 2.75) is 76.3 Å². The standard InChI is InChI=1S/C29H41N3O/c1-29(2)23-27(31-20-16-26(17-21-31)25-14-7-4-8-15-25)18-22-32(29)28(33)30-19-10-9-13-24-11-5-3-6-12-24/h3-8,11-12,14-15,26-27H,9-10,13,16-23H2,1-2H3,(H,30,33). The van der Waals surface area contributed by atoms with Crippen molar-refractivity contribution < 1.29 is 4.79 Å². The summed E-state index contributed by atoms with van der Waals surface area (Å²) in [6.07, 6.45) is 7.84. The fourth-order valence-electron chi connectivity index (χ4n) is 5.77. The highest BCUT2D eigenvalue weighted by atomic mass is 16.2. The number of carbonyl (C=O) groups excluding carboxylic acids is 1. The number of nitrogens with zero attached hydrogens (tertiary/aromatic N) is 2. The van der Waals surface area contributed by atoms with E-state index < -0.39 is 0 Å². The van der Waals surface area contributed by atoms with Gasteiger partial charge in [-0.05, 0) is 88.9 Å². The molecule has 2 aliphatic heterocycles. The van der Waals surface area contributed by atoms with E-state index in [2.05, 4.69) is 89.6 Å². The van der Waals surface area contributed by atoms with E-state index in [0.29, 0.717) is 12.0 Å². The number of likely N-dealkylation sites (tertiary alicyclic amines) is 2. The SMILES string of the molecule is CC1(C)CC(N2CCC(c3ccccc3)CC2)CCN1C(=O)NCCCCc1ccccc1. The van der Waals surface area contributed by atoms with Crippen LogP contribution < -0.4 is 5.32 Å². The van der Waals surface area contributed by atoms with Crippen LogP contribution in [0, 0.1) is 0 Å². The lowest BCUT2D eigenvalue weighted by molar-refractivity contribution is 0.0318. The molecule has 0 radical (unpaired) electrons. The first-order valence-electron chi connectivity index (χ1n) is 12.9. The van der Waals surface area contributed by atoms with Gasteiger partial charge in [-0.1, -0.05) is 60.7 Å². The number of piperidine rings is 2. The van der Waals surface area contributed by atoms with Crippen LogP contribution in [0.2, 0.25) is 0 Å². The number of carbonyl (C=O) groups is 1. The summed E-state index contributed by atoms with van der Waals surface area (Å²) in [5.41, 5.74) is 2.76. The van der Waals surface area contributed by atoms with Gasteiger partial charge in [0.1, 0.15) is 0 Å². The van der Waals surface area contributed by atoms with Crippen molar-refractivity contribution in [1.82, 2.24) is 15.1 Å². The van der Waals surface area contributed by atoms with Crippen LogP contribution in [0.4, 0.5) is 4.79 Å². The van der Waals surface area contributed by atoms with E-state index in [9.17, 15) is 4.79 Å². The van der Waals surface area contributed by atoms with E-state index in [1.54, 1.807) is 0 Å². The topological polar surface area (TPSA) is 35.6 Å². The molecule has 1 atom stereocenters. The second-order valence-corrected chi connectivity index (χ2v) is 10.5. The summed E-state index contributed by atoms with van der Waals surface area (Å²) in [5.74, 6) is 0.697. The van der Waals surface area contributed by atoms with Gasteiger partial charge in [-0.25, -0.2) is 4.79 Å². The van der Waals surface area contributed by atoms with Crippen molar-refractivity contribution in [3.8, 4) is 0 Å². The maximum absolute atomic E-state index is 12.9. The average molecular weight is 448 g/mol. The van der Waals surface area contributed by atoms with Crippen LogP contribution in [-0.4, -0.2) is 53.6 Å². The van der Waals surface area contributed by atoms with Gasteiger partial charge in [-0.15, -0.1) is 0 Å². The lowest BCUT2D eigenvalue weighted by Crippen LogP contribution is -2.60. The highest BCUT2D eigenvalue weighted by molar-refractivity contribution is 5.75. The molecule has 0 saturated carbocycles. The summed E-state index contributed by atoms with van der Waals surface area (Å²) in [7, 11) is 0. The van der Waals surface area contributed by atoms with Crippen LogP contribution >= 0.6 is 0 Å². The minimum absolute atomic E-state index is 0.104. The molecule has 4 rings (SSSR count). The van der Waals surface area contributed by atoms with Crippen molar-refractivity contribution in [2.75, 3.05) is 26.2 Å². The van der Waals surface area contributed by atoms with E-state index in [-0.39, 0.29) is 11.6 Å². The first-order valence-corrected chi connectivity index (χ1v) is 12.9. The molecule has 2 heterocycles. The number of unbranched alkanes of at least 4 members (excludes halogenated alkanes) is 1. The Morgan fingerprint density at radius 3 is 2.24 bits per heavy atom. The normalized spacial score (nSPS) is 21.6. The number of hydrogen-bond acceptors (Lipinski definition) is 2. The Kier molecular flexibility index (Phi) is 8.08. The van der Waals surface area contributed by atoms with Crippen LogP contribution in [-0.2, 0) is 6.42 Å². The predicted octanol–water partition coefficient (Wildman–Crippen LogP) is 5.84. The Labute approximate surface area is 200 Å². The van der Waals surface area contributed by atoms with Crippen LogP contribution in [0.25, 0.3) is 0 Å². The molecule has 2 aromatic carbocycles. The summed E-state index contributed by atoms with van der Waals surface area (Å²) < 4.78 is 0. The summed E-state index contributed by atoms with van der Waals surface area (Å²) in [6, 6.07) is 22.3. The highest BCUT2D eigenvalue weighted by Gasteiger charge is 2.40. The molecule has 0 bridgehead atoms. The summed E-state index contributed by atoms with van der Waals surface area (Å²) in [6.45, 7) is 8.44. The first-order chi connectivity index (χ1) is 16.0. The Morgan fingerprint density at radius 1 is 0.909 bits per heavy atom. The fraction of sp³-hybridized carbons (Fsp3) is 0.552. The molecule has 0 aromatic heterocycles. The lowest BCUT2D eigenvalue weighted by atomic mass is 9.83. The third kappa shape index (κ3) is 6.38. The highest BCUT2D eigenvalue weighted by Crippen LogP contribution is 2.34. The number of urea groups is 1. The van der Waals surface area contributed by atoms with Gasteiger partial charge in [0.15, 0.2) is 0 Å². The fourth-order valence-corrected chi connectivity index (χ4v) is 5.77. The van der Waals surface area contributed by atoms with Crippen LogP contribution in [0.5, 0.6) is 0 Å². The zero-order valence-corrected chi connectivity index (χ0v) is 20.5. The van der Waals surface area contributed by atoms with Crippen molar-refractivity contribution in [3.05, 3.63) is 71.8 Å². The number of nitrogens with one attached hydrogen (secondary N) is 1. The lowest BCUT2D eigenvalue weighted by Gasteiger charge is -2.49. The predicted molar refractivity (Wildman–Crippen MR) is 137 cm³/mol.